The zero-order valence-corrected chi connectivity index (χ0v) is 12.5. The summed E-state index contributed by atoms with van der Waals surface area (Å²) in [4.78, 5) is 22.5. The molecule has 1 aromatic heterocycles. The topological polar surface area (TPSA) is 99.3 Å². The third-order valence-corrected chi connectivity index (χ3v) is 3.23. The minimum atomic E-state index is -0.537. The Morgan fingerprint density at radius 3 is 2.50 bits per heavy atom. The Morgan fingerprint density at radius 1 is 1.36 bits per heavy atom. The van der Waals surface area contributed by atoms with Gasteiger partial charge in [0, 0.05) is 6.54 Å². The van der Waals surface area contributed by atoms with Crippen LogP contribution in [-0.2, 0) is 6.54 Å². The van der Waals surface area contributed by atoms with E-state index in [2.05, 4.69) is 10.4 Å². The SMILES string of the molecule is COc1ccc(CNC(=O)n2nc(C)c([N+](=O)[O-])c2C)cc1. The summed E-state index contributed by atoms with van der Waals surface area (Å²) in [6, 6.07) is 6.71. The molecule has 2 rings (SSSR count). The van der Waals surface area contributed by atoms with Crippen molar-refractivity contribution < 1.29 is 14.5 Å². The summed E-state index contributed by atoms with van der Waals surface area (Å²) in [7, 11) is 1.58. The van der Waals surface area contributed by atoms with Crippen LogP contribution in [0.4, 0.5) is 10.5 Å². The fourth-order valence-electron chi connectivity index (χ4n) is 2.09. The molecule has 22 heavy (non-hydrogen) atoms. The molecule has 8 nitrogen and oxygen atoms in total. The highest BCUT2D eigenvalue weighted by molar-refractivity contribution is 5.77. The van der Waals surface area contributed by atoms with E-state index in [-0.39, 0.29) is 23.6 Å². The third kappa shape index (κ3) is 3.05. The van der Waals surface area contributed by atoms with Gasteiger partial charge in [-0.2, -0.15) is 9.78 Å². The molecule has 0 bridgehead atoms. The highest BCUT2D eigenvalue weighted by Crippen LogP contribution is 2.21. The molecule has 0 aliphatic rings. The molecule has 0 atom stereocenters. The first kappa shape index (κ1) is 15.5. The van der Waals surface area contributed by atoms with Crippen molar-refractivity contribution in [2.45, 2.75) is 20.4 Å². The van der Waals surface area contributed by atoms with Crippen LogP contribution in [0.15, 0.2) is 24.3 Å². The first-order valence-corrected chi connectivity index (χ1v) is 6.55. The zero-order valence-electron chi connectivity index (χ0n) is 12.5. The number of benzene rings is 1. The van der Waals surface area contributed by atoms with Crippen molar-refractivity contribution in [3.63, 3.8) is 0 Å². The molecule has 2 aromatic rings. The van der Waals surface area contributed by atoms with Crippen molar-refractivity contribution in [3.8, 4) is 5.75 Å². The summed E-state index contributed by atoms with van der Waals surface area (Å²) in [5.74, 6) is 0.726. The van der Waals surface area contributed by atoms with Gasteiger partial charge < -0.3 is 10.1 Å². The van der Waals surface area contributed by atoms with Crippen molar-refractivity contribution >= 4 is 11.7 Å². The van der Waals surface area contributed by atoms with Crippen LogP contribution in [0.25, 0.3) is 0 Å². The molecular formula is C14H16N4O4. The number of nitrogens with zero attached hydrogens (tertiary/aromatic N) is 3. The maximum absolute atomic E-state index is 12.1. The first-order valence-electron chi connectivity index (χ1n) is 6.55. The third-order valence-electron chi connectivity index (χ3n) is 3.23. The monoisotopic (exact) mass is 304 g/mol. The lowest BCUT2D eigenvalue weighted by Gasteiger charge is -2.07. The van der Waals surface area contributed by atoms with Crippen molar-refractivity contribution in [1.82, 2.24) is 15.1 Å². The average molecular weight is 304 g/mol. The van der Waals surface area contributed by atoms with E-state index in [4.69, 9.17) is 4.74 Å². The summed E-state index contributed by atoms with van der Waals surface area (Å²) in [6.45, 7) is 3.28. The Hall–Kier alpha value is -2.90. The molecule has 0 spiro atoms. The molecule has 1 N–H and O–H groups in total. The number of hydrogen-bond donors (Lipinski definition) is 1. The van der Waals surface area contributed by atoms with Crippen LogP contribution in [0.1, 0.15) is 17.0 Å². The van der Waals surface area contributed by atoms with Gasteiger partial charge in [0.05, 0.1) is 12.0 Å². The van der Waals surface area contributed by atoms with Crippen LogP contribution in [-0.4, -0.2) is 27.8 Å². The van der Waals surface area contributed by atoms with E-state index in [0.29, 0.717) is 0 Å². The van der Waals surface area contributed by atoms with Gasteiger partial charge in [0.1, 0.15) is 17.1 Å². The molecule has 1 aromatic carbocycles. The van der Waals surface area contributed by atoms with Gasteiger partial charge in [-0.3, -0.25) is 10.1 Å². The van der Waals surface area contributed by atoms with Crippen LogP contribution in [0.2, 0.25) is 0 Å². The molecule has 0 saturated carbocycles. The van der Waals surface area contributed by atoms with Crippen molar-refractivity contribution in [2.24, 2.45) is 0 Å². The molecule has 0 unspecified atom stereocenters. The summed E-state index contributed by atoms with van der Waals surface area (Å²) >= 11 is 0. The summed E-state index contributed by atoms with van der Waals surface area (Å²) in [5, 5.41) is 17.5. The molecule has 0 radical (unpaired) electrons. The smallest absolute Gasteiger partial charge is 0.342 e. The van der Waals surface area contributed by atoms with Gasteiger partial charge in [0.15, 0.2) is 0 Å². The molecule has 116 valence electrons. The van der Waals surface area contributed by atoms with Crippen LogP contribution in [0, 0.1) is 24.0 Å². The summed E-state index contributed by atoms with van der Waals surface area (Å²) < 4.78 is 6.06. The van der Waals surface area contributed by atoms with Gasteiger partial charge in [0.25, 0.3) is 0 Å². The lowest BCUT2D eigenvalue weighted by Crippen LogP contribution is -2.29. The predicted octanol–water partition coefficient (Wildman–Crippen LogP) is 2.17. The van der Waals surface area contributed by atoms with Gasteiger partial charge in [-0.15, -0.1) is 0 Å². The van der Waals surface area contributed by atoms with E-state index >= 15 is 0 Å². The average Bonchev–Trinajstić information content (AvgIpc) is 2.80. The highest BCUT2D eigenvalue weighted by atomic mass is 16.6. The van der Waals surface area contributed by atoms with E-state index < -0.39 is 11.0 Å². The lowest BCUT2D eigenvalue weighted by atomic mass is 10.2. The van der Waals surface area contributed by atoms with Gasteiger partial charge in [-0.25, -0.2) is 4.79 Å². The Balaban J connectivity index is 2.09. The Morgan fingerprint density at radius 2 is 2.00 bits per heavy atom. The number of carbonyl (C=O) groups excluding carboxylic acids is 1. The van der Waals surface area contributed by atoms with E-state index in [1.807, 2.05) is 12.1 Å². The maximum Gasteiger partial charge on any atom is 0.342 e. The van der Waals surface area contributed by atoms with Crippen LogP contribution in [0.5, 0.6) is 5.75 Å². The second-order valence-corrected chi connectivity index (χ2v) is 4.70. The van der Waals surface area contributed by atoms with Crippen molar-refractivity contribution in [1.29, 1.82) is 0 Å². The van der Waals surface area contributed by atoms with Gasteiger partial charge in [-0.05, 0) is 31.5 Å². The fraction of sp³-hybridized carbons (Fsp3) is 0.286. The second-order valence-electron chi connectivity index (χ2n) is 4.70. The van der Waals surface area contributed by atoms with Gasteiger partial charge >= 0.3 is 11.7 Å². The lowest BCUT2D eigenvalue weighted by molar-refractivity contribution is -0.386. The molecule has 0 saturated heterocycles. The first-order chi connectivity index (χ1) is 10.4. The van der Waals surface area contributed by atoms with Gasteiger partial charge in [0.2, 0.25) is 0 Å². The number of nitrogens with one attached hydrogen (secondary N) is 1. The Bertz CT molecular complexity index is 706. The Labute approximate surface area is 126 Å². The minimum absolute atomic E-state index is 0.139. The molecule has 1 heterocycles. The molecule has 1 amide bonds. The number of methoxy groups -OCH3 is 1. The molecular weight excluding hydrogens is 288 g/mol. The number of nitro groups is 1. The normalized spacial score (nSPS) is 10.3. The molecule has 0 aliphatic carbocycles. The molecule has 0 aliphatic heterocycles. The quantitative estimate of drug-likeness (QED) is 0.689. The Kier molecular flexibility index (Phi) is 4.40. The number of amides is 1. The number of rotatable bonds is 4. The highest BCUT2D eigenvalue weighted by Gasteiger charge is 2.24. The van der Waals surface area contributed by atoms with E-state index in [1.165, 1.54) is 13.8 Å². The maximum atomic E-state index is 12.1. The number of aromatic nitrogens is 2. The zero-order chi connectivity index (χ0) is 16.3. The van der Waals surface area contributed by atoms with Crippen molar-refractivity contribution in [2.75, 3.05) is 7.11 Å². The number of hydrogen-bond acceptors (Lipinski definition) is 5. The van der Waals surface area contributed by atoms with Crippen LogP contribution < -0.4 is 10.1 Å². The second kappa shape index (κ2) is 6.25. The molecule has 8 heteroatoms. The largest absolute Gasteiger partial charge is 0.497 e. The number of aryl methyl sites for hydroxylation is 1. The molecule has 0 fully saturated rings. The number of ether oxygens (including phenoxy) is 1. The summed E-state index contributed by atoms with van der Waals surface area (Å²) in [6.07, 6.45) is 0. The van der Waals surface area contributed by atoms with Crippen LogP contribution in [0.3, 0.4) is 0 Å². The van der Waals surface area contributed by atoms with Crippen LogP contribution >= 0.6 is 0 Å². The summed E-state index contributed by atoms with van der Waals surface area (Å²) in [5.41, 5.74) is 1.15. The van der Waals surface area contributed by atoms with E-state index in [1.54, 1.807) is 19.2 Å². The van der Waals surface area contributed by atoms with Gasteiger partial charge in [-0.1, -0.05) is 12.1 Å². The number of carbonyl (C=O) groups is 1. The van der Waals surface area contributed by atoms with E-state index in [0.717, 1.165) is 16.0 Å². The fourth-order valence-corrected chi connectivity index (χ4v) is 2.09. The van der Waals surface area contributed by atoms with Crippen molar-refractivity contribution in [3.05, 3.63) is 51.3 Å². The predicted molar refractivity (Wildman–Crippen MR) is 79.0 cm³/mol. The minimum Gasteiger partial charge on any atom is -0.497 e. The standard InChI is InChI=1S/C14H16N4O4/c1-9-13(18(20)21)10(2)17(16-9)14(19)15-8-11-4-6-12(22-3)7-5-11/h4-7H,8H2,1-3H3,(H,15,19). The van der Waals surface area contributed by atoms with E-state index in [9.17, 15) is 14.9 Å².